The van der Waals surface area contributed by atoms with Crippen LogP contribution in [0.15, 0.2) is 24.4 Å². The molecule has 0 N–H and O–H groups in total. The predicted molar refractivity (Wildman–Crippen MR) is 84.1 cm³/mol. The summed E-state index contributed by atoms with van der Waals surface area (Å²) in [6.45, 7) is 4.54. The Kier molecular flexibility index (Phi) is 9.40. The molecule has 0 atom stereocenters. The van der Waals surface area contributed by atoms with E-state index in [2.05, 4.69) is 31.0 Å². The Morgan fingerprint density at radius 3 is 1.95 bits per heavy atom. The van der Waals surface area contributed by atoms with Crippen LogP contribution in [-0.2, 0) is 0 Å². The van der Waals surface area contributed by atoms with E-state index in [-0.39, 0.29) is 0 Å². The zero-order valence-electron chi connectivity index (χ0n) is 12.8. The van der Waals surface area contributed by atoms with E-state index in [4.69, 9.17) is 0 Å². The Bertz CT molecular complexity index is 282. The Hall–Kier alpha value is -0.850. The molecule has 1 rings (SSSR count). The molecule has 0 saturated heterocycles. The van der Waals surface area contributed by atoms with Crippen molar-refractivity contribution in [1.29, 1.82) is 0 Å². The van der Waals surface area contributed by atoms with Crippen LogP contribution in [0.4, 0.5) is 0 Å². The third-order valence-electron chi connectivity index (χ3n) is 3.69. The molecule has 0 spiro atoms. The van der Waals surface area contributed by atoms with Crippen molar-refractivity contribution in [1.82, 2.24) is 4.98 Å². The van der Waals surface area contributed by atoms with Crippen LogP contribution in [0.2, 0.25) is 0 Å². The van der Waals surface area contributed by atoms with Crippen LogP contribution in [-0.4, -0.2) is 4.98 Å². The molecule has 1 aromatic rings. The van der Waals surface area contributed by atoms with E-state index < -0.39 is 0 Å². The summed E-state index contributed by atoms with van der Waals surface area (Å²) in [7, 11) is 0. The molecule has 0 aromatic carbocycles. The normalized spacial score (nSPS) is 11.1. The highest BCUT2D eigenvalue weighted by molar-refractivity contribution is 5.22. The largest absolute Gasteiger partial charge is 0.261 e. The van der Waals surface area contributed by atoms with Crippen molar-refractivity contribution < 1.29 is 0 Å². The molecule has 0 amide bonds. The number of aromatic nitrogens is 1. The number of rotatable bonds is 11. The second-order valence-corrected chi connectivity index (χ2v) is 5.44. The molecular formula is C18H30N. The van der Waals surface area contributed by atoms with Gasteiger partial charge in [-0.2, -0.15) is 0 Å². The molecule has 1 aromatic heterocycles. The van der Waals surface area contributed by atoms with E-state index in [1.807, 2.05) is 12.3 Å². The summed E-state index contributed by atoms with van der Waals surface area (Å²) >= 11 is 0. The summed E-state index contributed by atoms with van der Waals surface area (Å²) in [5.41, 5.74) is 1.23. The first-order chi connectivity index (χ1) is 9.38. The molecule has 0 saturated carbocycles. The van der Waals surface area contributed by atoms with Crippen molar-refractivity contribution in [2.24, 2.45) is 0 Å². The minimum atomic E-state index is 1.23. The van der Waals surface area contributed by atoms with Gasteiger partial charge in [0.1, 0.15) is 0 Å². The first-order valence-electron chi connectivity index (χ1n) is 8.14. The Balaban J connectivity index is 2.39. The van der Waals surface area contributed by atoms with Gasteiger partial charge < -0.3 is 0 Å². The summed E-state index contributed by atoms with van der Waals surface area (Å²) in [6.07, 6.45) is 15.1. The quantitative estimate of drug-likeness (QED) is 0.448. The van der Waals surface area contributed by atoms with Gasteiger partial charge in [-0.25, -0.2) is 0 Å². The number of pyridine rings is 1. The van der Waals surface area contributed by atoms with Gasteiger partial charge in [-0.05, 0) is 25.0 Å². The SMILES string of the molecule is CCCCCC[C](CCCCCC)c1ccccn1. The maximum atomic E-state index is 4.54. The zero-order valence-corrected chi connectivity index (χ0v) is 12.8. The third-order valence-corrected chi connectivity index (χ3v) is 3.69. The molecule has 0 fully saturated rings. The Morgan fingerprint density at radius 2 is 1.47 bits per heavy atom. The molecular weight excluding hydrogens is 230 g/mol. The minimum Gasteiger partial charge on any atom is -0.261 e. The number of unbranched alkanes of at least 4 members (excludes halogenated alkanes) is 6. The predicted octanol–water partition coefficient (Wildman–Crippen LogP) is 5.94. The monoisotopic (exact) mass is 260 g/mol. The van der Waals surface area contributed by atoms with Crippen molar-refractivity contribution in [3.8, 4) is 0 Å². The van der Waals surface area contributed by atoms with Crippen LogP contribution in [0.1, 0.15) is 83.7 Å². The van der Waals surface area contributed by atoms with Gasteiger partial charge in [0.05, 0.1) is 0 Å². The van der Waals surface area contributed by atoms with E-state index >= 15 is 0 Å². The van der Waals surface area contributed by atoms with Crippen molar-refractivity contribution in [2.45, 2.75) is 78.1 Å². The molecule has 0 bridgehead atoms. The molecule has 1 heterocycles. The van der Waals surface area contributed by atoms with Crippen molar-refractivity contribution in [3.05, 3.63) is 36.0 Å². The van der Waals surface area contributed by atoms with Crippen molar-refractivity contribution in [2.75, 3.05) is 0 Å². The van der Waals surface area contributed by atoms with Gasteiger partial charge in [0.2, 0.25) is 0 Å². The lowest BCUT2D eigenvalue weighted by atomic mass is 9.91. The average Bonchev–Trinajstić information content (AvgIpc) is 2.46. The molecule has 0 aliphatic carbocycles. The second kappa shape index (κ2) is 11.0. The van der Waals surface area contributed by atoms with Gasteiger partial charge in [-0.15, -0.1) is 0 Å². The van der Waals surface area contributed by atoms with Crippen LogP contribution >= 0.6 is 0 Å². The maximum Gasteiger partial charge on any atom is 0.0474 e. The molecule has 0 aliphatic heterocycles. The fourth-order valence-electron chi connectivity index (χ4n) is 2.48. The first-order valence-corrected chi connectivity index (χ1v) is 8.14. The lowest BCUT2D eigenvalue weighted by molar-refractivity contribution is 0.587. The van der Waals surface area contributed by atoms with E-state index in [1.54, 1.807) is 5.92 Å². The number of hydrogen-bond acceptors (Lipinski definition) is 1. The van der Waals surface area contributed by atoms with Crippen molar-refractivity contribution >= 4 is 0 Å². The molecule has 0 aliphatic rings. The lowest BCUT2D eigenvalue weighted by Gasteiger charge is -2.15. The Labute approximate surface area is 119 Å². The fraction of sp³-hybridized carbons (Fsp3) is 0.667. The molecule has 1 nitrogen and oxygen atoms in total. The van der Waals surface area contributed by atoms with Gasteiger partial charge >= 0.3 is 0 Å². The average molecular weight is 260 g/mol. The molecule has 1 heteroatoms. The second-order valence-electron chi connectivity index (χ2n) is 5.44. The van der Waals surface area contributed by atoms with Crippen molar-refractivity contribution in [3.63, 3.8) is 0 Å². The van der Waals surface area contributed by atoms with Gasteiger partial charge in [0.15, 0.2) is 0 Å². The Morgan fingerprint density at radius 1 is 0.842 bits per heavy atom. The van der Waals surface area contributed by atoms with Crippen LogP contribution in [0.25, 0.3) is 0 Å². The van der Waals surface area contributed by atoms with Crippen LogP contribution < -0.4 is 0 Å². The van der Waals surface area contributed by atoms with E-state index in [0.29, 0.717) is 0 Å². The third kappa shape index (κ3) is 7.34. The van der Waals surface area contributed by atoms with Gasteiger partial charge in [-0.1, -0.05) is 71.3 Å². The fourth-order valence-corrected chi connectivity index (χ4v) is 2.48. The van der Waals surface area contributed by atoms with E-state index in [0.717, 1.165) is 0 Å². The standard InChI is InChI=1S/C18H30N/c1-3-5-7-9-13-17(14-10-8-6-4-2)18-15-11-12-16-19-18/h11-12,15-16H,3-10,13-14H2,1-2H3. The van der Waals surface area contributed by atoms with Gasteiger partial charge in [-0.3, -0.25) is 4.98 Å². The van der Waals surface area contributed by atoms with E-state index in [9.17, 15) is 0 Å². The van der Waals surface area contributed by atoms with Crippen LogP contribution in [0.3, 0.4) is 0 Å². The van der Waals surface area contributed by atoms with Gasteiger partial charge in [0.25, 0.3) is 0 Å². The number of hydrogen-bond donors (Lipinski definition) is 0. The summed E-state index contributed by atoms with van der Waals surface area (Å²) in [4.78, 5) is 4.54. The summed E-state index contributed by atoms with van der Waals surface area (Å²) in [6, 6.07) is 6.30. The summed E-state index contributed by atoms with van der Waals surface area (Å²) in [5.74, 6) is 1.58. The molecule has 0 unspecified atom stereocenters. The minimum absolute atomic E-state index is 1.23. The smallest absolute Gasteiger partial charge is 0.0474 e. The lowest BCUT2D eigenvalue weighted by Crippen LogP contribution is -2.03. The highest BCUT2D eigenvalue weighted by atomic mass is 14.7. The first kappa shape index (κ1) is 16.2. The highest BCUT2D eigenvalue weighted by Crippen LogP contribution is 2.25. The van der Waals surface area contributed by atoms with Crippen LogP contribution in [0, 0.1) is 5.92 Å². The number of nitrogens with zero attached hydrogens (tertiary/aromatic N) is 1. The summed E-state index contributed by atoms with van der Waals surface area (Å²) in [5, 5.41) is 0. The molecule has 1 radical (unpaired) electrons. The summed E-state index contributed by atoms with van der Waals surface area (Å²) < 4.78 is 0. The maximum absolute atomic E-state index is 4.54. The van der Waals surface area contributed by atoms with Crippen LogP contribution in [0.5, 0.6) is 0 Å². The topological polar surface area (TPSA) is 12.9 Å². The van der Waals surface area contributed by atoms with E-state index in [1.165, 1.54) is 69.9 Å². The zero-order chi connectivity index (χ0) is 13.8. The highest BCUT2D eigenvalue weighted by Gasteiger charge is 2.12. The van der Waals surface area contributed by atoms with Gasteiger partial charge in [0, 0.05) is 17.8 Å². The molecule has 107 valence electrons. The molecule has 19 heavy (non-hydrogen) atoms.